The van der Waals surface area contributed by atoms with E-state index in [9.17, 15) is 0 Å². The maximum absolute atomic E-state index is 5.72. The second-order valence-electron chi connectivity index (χ2n) is 7.37. The molecular weight excluding hydrogens is 364 g/mol. The molecule has 0 spiro atoms. The molecule has 0 aliphatic carbocycles. The van der Waals surface area contributed by atoms with E-state index in [1.54, 1.807) is 12.5 Å². The smallest absolute Gasteiger partial charge is 0.168 e. The van der Waals surface area contributed by atoms with Gasteiger partial charge in [0, 0.05) is 11.3 Å². The molecule has 0 N–H and O–H groups in total. The fourth-order valence-corrected chi connectivity index (χ4v) is 3.05. The molecule has 0 radical (unpaired) electrons. The lowest BCUT2D eigenvalue weighted by molar-refractivity contribution is 0.242. The van der Waals surface area contributed by atoms with E-state index in [1.165, 1.54) is 0 Å². The Labute approximate surface area is 170 Å². The number of benzene rings is 2. The first-order valence-corrected chi connectivity index (χ1v) is 9.74. The number of aromatic nitrogens is 4. The second-order valence-corrected chi connectivity index (χ2v) is 7.37. The number of imidazole rings is 1. The molecule has 0 saturated carbocycles. The Morgan fingerprint density at radius 2 is 1.34 bits per heavy atom. The van der Waals surface area contributed by atoms with Gasteiger partial charge in [0.1, 0.15) is 23.3 Å². The Kier molecular flexibility index (Phi) is 5.16. The minimum Gasteiger partial charge on any atom is -0.491 e. The van der Waals surface area contributed by atoms with Crippen molar-refractivity contribution in [3.8, 4) is 28.6 Å². The molecule has 148 valence electrons. The summed E-state index contributed by atoms with van der Waals surface area (Å²) in [5.41, 5.74) is 3.40. The van der Waals surface area contributed by atoms with Crippen LogP contribution in [0.25, 0.3) is 28.2 Å². The van der Waals surface area contributed by atoms with Crippen LogP contribution in [0.5, 0.6) is 11.5 Å². The Morgan fingerprint density at radius 3 is 1.93 bits per heavy atom. The molecule has 6 nitrogen and oxygen atoms in total. The van der Waals surface area contributed by atoms with Gasteiger partial charge in [-0.3, -0.25) is 4.57 Å². The standard InChI is InChI=1S/C23H24N4O2/c1-15(2)28-19-9-5-17(6-10-19)22-24-13-21-23(26-22)27(14-25-21)18-7-11-20(12-8-18)29-16(3)4/h5-16H,1-4H3. The number of fused-ring (bicyclic) bond motifs is 1. The molecule has 29 heavy (non-hydrogen) atoms. The maximum atomic E-state index is 5.72. The van der Waals surface area contributed by atoms with Crippen molar-refractivity contribution in [2.75, 3.05) is 0 Å². The normalized spacial score (nSPS) is 11.4. The molecule has 0 fully saturated rings. The van der Waals surface area contributed by atoms with E-state index < -0.39 is 0 Å². The second kappa shape index (κ2) is 7.91. The van der Waals surface area contributed by atoms with Gasteiger partial charge in [0.2, 0.25) is 0 Å². The molecule has 0 amide bonds. The molecule has 0 saturated heterocycles. The number of hydrogen-bond donors (Lipinski definition) is 0. The molecule has 0 unspecified atom stereocenters. The van der Waals surface area contributed by atoms with E-state index in [2.05, 4.69) is 9.97 Å². The molecule has 0 aliphatic heterocycles. The van der Waals surface area contributed by atoms with E-state index in [0.717, 1.165) is 33.9 Å². The minimum absolute atomic E-state index is 0.139. The third kappa shape index (κ3) is 4.21. The lowest BCUT2D eigenvalue weighted by Gasteiger charge is -2.11. The Hall–Kier alpha value is -3.41. The minimum atomic E-state index is 0.139. The topological polar surface area (TPSA) is 62.1 Å². The molecule has 2 aromatic carbocycles. The van der Waals surface area contributed by atoms with Crippen LogP contribution in [0.15, 0.2) is 61.1 Å². The molecular formula is C23H24N4O2. The summed E-state index contributed by atoms with van der Waals surface area (Å²) < 4.78 is 13.4. The number of rotatable bonds is 6. The van der Waals surface area contributed by atoms with E-state index in [1.807, 2.05) is 80.8 Å². The predicted molar refractivity (Wildman–Crippen MR) is 114 cm³/mol. The monoisotopic (exact) mass is 388 g/mol. The largest absolute Gasteiger partial charge is 0.491 e. The molecule has 0 atom stereocenters. The zero-order valence-electron chi connectivity index (χ0n) is 17.0. The van der Waals surface area contributed by atoms with Gasteiger partial charge in [-0.15, -0.1) is 0 Å². The molecule has 0 bridgehead atoms. The fourth-order valence-electron chi connectivity index (χ4n) is 3.05. The van der Waals surface area contributed by atoms with Gasteiger partial charge in [-0.05, 0) is 76.2 Å². The number of ether oxygens (including phenoxy) is 2. The van der Waals surface area contributed by atoms with E-state index in [4.69, 9.17) is 14.5 Å². The zero-order valence-corrected chi connectivity index (χ0v) is 17.0. The Morgan fingerprint density at radius 1 is 0.759 bits per heavy atom. The van der Waals surface area contributed by atoms with Gasteiger partial charge >= 0.3 is 0 Å². The summed E-state index contributed by atoms with van der Waals surface area (Å²) in [7, 11) is 0. The first kappa shape index (κ1) is 18.9. The highest BCUT2D eigenvalue weighted by molar-refractivity contribution is 5.74. The molecule has 4 rings (SSSR count). The SMILES string of the molecule is CC(C)Oc1ccc(-c2ncc3ncn(-c4ccc(OC(C)C)cc4)c3n2)cc1. The summed E-state index contributed by atoms with van der Waals surface area (Å²) in [6.45, 7) is 8.04. The average molecular weight is 388 g/mol. The van der Waals surface area contributed by atoms with E-state index >= 15 is 0 Å². The molecule has 6 heteroatoms. The van der Waals surface area contributed by atoms with Gasteiger partial charge in [-0.25, -0.2) is 15.0 Å². The van der Waals surface area contributed by atoms with Crippen LogP contribution in [0.1, 0.15) is 27.7 Å². The van der Waals surface area contributed by atoms with Gasteiger partial charge in [-0.2, -0.15) is 0 Å². The van der Waals surface area contributed by atoms with Crippen LogP contribution in [-0.2, 0) is 0 Å². The van der Waals surface area contributed by atoms with Crippen LogP contribution in [-0.4, -0.2) is 31.7 Å². The van der Waals surface area contributed by atoms with Crippen LogP contribution in [0.2, 0.25) is 0 Å². The van der Waals surface area contributed by atoms with Crippen molar-refractivity contribution in [3.05, 3.63) is 61.1 Å². The van der Waals surface area contributed by atoms with Gasteiger partial charge < -0.3 is 9.47 Å². The third-order valence-electron chi connectivity index (χ3n) is 4.26. The summed E-state index contributed by atoms with van der Waals surface area (Å²) in [5.74, 6) is 2.32. The average Bonchev–Trinajstić information content (AvgIpc) is 3.11. The first-order valence-electron chi connectivity index (χ1n) is 9.74. The fraction of sp³-hybridized carbons (Fsp3) is 0.261. The molecule has 2 heterocycles. The lowest BCUT2D eigenvalue weighted by Crippen LogP contribution is -2.05. The van der Waals surface area contributed by atoms with Gasteiger partial charge in [-0.1, -0.05) is 0 Å². The zero-order chi connectivity index (χ0) is 20.4. The van der Waals surface area contributed by atoms with Crippen molar-refractivity contribution in [3.63, 3.8) is 0 Å². The highest BCUT2D eigenvalue weighted by Gasteiger charge is 2.10. The van der Waals surface area contributed by atoms with Crippen LogP contribution < -0.4 is 9.47 Å². The predicted octanol–water partition coefficient (Wildman–Crippen LogP) is 5.06. The quantitative estimate of drug-likeness (QED) is 0.462. The maximum Gasteiger partial charge on any atom is 0.168 e. The summed E-state index contributed by atoms with van der Waals surface area (Å²) in [6, 6.07) is 15.7. The van der Waals surface area contributed by atoms with Crippen LogP contribution in [0.3, 0.4) is 0 Å². The highest BCUT2D eigenvalue weighted by Crippen LogP contribution is 2.24. The van der Waals surface area contributed by atoms with Crippen LogP contribution in [0, 0.1) is 0 Å². The van der Waals surface area contributed by atoms with Crippen LogP contribution >= 0.6 is 0 Å². The molecule has 2 aromatic heterocycles. The van der Waals surface area contributed by atoms with E-state index in [-0.39, 0.29) is 12.2 Å². The van der Waals surface area contributed by atoms with Crippen molar-refractivity contribution in [1.82, 2.24) is 19.5 Å². The molecule has 0 aliphatic rings. The van der Waals surface area contributed by atoms with Crippen molar-refractivity contribution < 1.29 is 9.47 Å². The lowest BCUT2D eigenvalue weighted by atomic mass is 10.2. The van der Waals surface area contributed by atoms with Crippen LogP contribution in [0.4, 0.5) is 0 Å². The summed E-state index contributed by atoms with van der Waals surface area (Å²) in [5, 5.41) is 0. The highest BCUT2D eigenvalue weighted by atomic mass is 16.5. The molecule has 4 aromatic rings. The van der Waals surface area contributed by atoms with Crippen molar-refractivity contribution in [1.29, 1.82) is 0 Å². The van der Waals surface area contributed by atoms with Gasteiger partial charge in [0.25, 0.3) is 0 Å². The van der Waals surface area contributed by atoms with Gasteiger partial charge in [0.05, 0.1) is 18.4 Å². The van der Waals surface area contributed by atoms with Crippen molar-refractivity contribution in [2.24, 2.45) is 0 Å². The van der Waals surface area contributed by atoms with Gasteiger partial charge in [0.15, 0.2) is 11.5 Å². The summed E-state index contributed by atoms with van der Waals surface area (Å²) in [4.78, 5) is 13.7. The third-order valence-corrected chi connectivity index (χ3v) is 4.26. The number of nitrogens with zero attached hydrogens (tertiary/aromatic N) is 4. The number of hydrogen-bond acceptors (Lipinski definition) is 5. The first-order chi connectivity index (χ1) is 14.0. The van der Waals surface area contributed by atoms with Crippen molar-refractivity contribution in [2.45, 2.75) is 39.9 Å². The summed E-state index contributed by atoms with van der Waals surface area (Å²) in [6.07, 6.45) is 3.80. The van der Waals surface area contributed by atoms with E-state index in [0.29, 0.717) is 5.82 Å². The Bertz CT molecular complexity index is 1100. The van der Waals surface area contributed by atoms with Crippen molar-refractivity contribution >= 4 is 11.2 Å². The summed E-state index contributed by atoms with van der Waals surface area (Å²) >= 11 is 0. The Balaban J connectivity index is 1.66.